The Morgan fingerprint density at radius 3 is 2.93 bits per heavy atom. The molecule has 1 saturated carbocycles. The van der Waals surface area contributed by atoms with Gasteiger partial charge in [-0.15, -0.1) is 0 Å². The van der Waals surface area contributed by atoms with Crippen molar-refractivity contribution in [1.29, 1.82) is 5.26 Å². The molecule has 3 aromatic rings. The van der Waals surface area contributed by atoms with E-state index in [4.69, 9.17) is 5.26 Å². The predicted molar refractivity (Wildman–Crippen MR) is 101 cm³/mol. The van der Waals surface area contributed by atoms with E-state index < -0.39 is 0 Å². The molecule has 4 rings (SSSR count). The van der Waals surface area contributed by atoms with E-state index in [1.807, 2.05) is 38.2 Å². The van der Waals surface area contributed by atoms with Crippen LogP contribution in [0.1, 0.15) is 54.0 Å². The lowest BCUT2D eigenvalue weighted by Crippen LogP contribution is -2.18. The van der Waals surface area contributed by atoms with Crippen molar-refractivity contribution in [2.75, 3.05) is 5.32 Å². The van der Waals surface area contributed by atoms with Gasteiger partial charge in [-0.05, 0) is 50.5 Å². The summed E-state index contributed by atoms with van der Waals surface area (Å²) in [5, 5.41) is 23.5. The van der Waals surface area contributed by atoms with E-state index in [1.165, 1.54) is 12.8 Å². The second-order valence-corrected chi connectivity index (χ2v) is 7.08. The number of carbonyl (C=O) groups excluding carboxylic acids is 1. The molecule has 0 radical (unpaired) electrons. The Hall–Kier alpha value is -3.40. The third-order valence-corrected chi connectivity index (χ3v) is 4.82. The number of nitrogens with zero attached hydrogens (tertiary/aromatic N) is 4. The Labute approximate surface area is 157 Å². The number of carbonyl (C=O) groups is 1. The Morgan fingerprint density at radius 2 is 2.19 bits per heavy atom. The molecule has 2 aromatic heterocycles. The first-order chi connectivity index (χ1) is 13.0. The van der Waals surface area contributed by atoms with Crippen molar-refractivity contribution in [3.05, 3.63) is 59.0 Å². The zero-order valence-corrected chi connectivity index (χ0v) is 15.2. The van der Waals surface area contributed by atoms with Crippen molar-refractivity contribution in [2.24, 2.45) is 0 Å². The van der Waals surface area contributed by atoms with Gasteiger partial charge in [-0.25, -0.2) is 4.68 Å². The molecule has 0 bridgehead atoms. The molecule has 0 aliphatic heterocycles. The van der Waals surface area contributed by atoms with Gasteiger partial charge in [0.15, 0.2) is 5.82 Å². The zero-order valence-electron chi connectivity index (χ0n) is 15.2. The second-order valence-electron chi connectivity index (χ2n) is 7.08. The standard InChI is InChI=1S/C20H20N6O/c1-12-5-14(9-21)7-17(6-12)26-11-16(10-22-26)13(2)20(27)23-19-8-18(24-25-19)15-3-4-15/h5-8,10-11,13,15H,3-4H2,1-2H3,(H2,23,24,25,27). The van der Waals surface area contributed by atoms with Gasteiger partial charge in [-0.3, -0.25) is 9.89 Å². The smallest absolute Gasteiger partial charge is 0.232 e. The van der Waals surface area contributed by atoms with Gasteiger partial charge < -0.3 is 5.32 Å². The summed E-state index contributed by atoms with van der Waals surface area (Å²) in [6, 6.07) is 9.61. The van der Waals surface area contributed by atoms with Crippen LogP contribution < -0.4 is 5.32 Å². The van der Waals surface area contributed by atoms with Crippen LogP contribution in [-0.4, -0.2) is 25.9 Å². The number of nitriles is 1. The monoisotopic (exact) mass is 360 g/mol. The molecule has 7 heteroatoms. The van der Waals surface area contributed by atoms with E-state index in [1.54, 1.807) is 16.9 Å². The SMILES string of the molecule is Cc1cc(C#N)cc(-n2cc(C(C)C(=O)Nc3cc(C4CC4)[nH]n3)cn2)c1. The minimum absolute atomic E-state index is 0.134. The Balaban J connectivity index is 1.49. The highest BCUT2D eigenvalue weighted by atomic mass is 16.1. The van der Waals surface area contributed by atoms with Crippen molar-refractivity contribution in [3.8, 4) is 11.8 Å². The number of rotatable bonds is 5. The number of nitrogens with one attached hydrogen (secondary N) is 2. The summed E-state index contributed by atoms with van der Waals surface area (Å²) >= 11 is 0. The van der Waals surface area contributed by atoms with E-state index in [0.29, 0.717) is 17.3 Å². The zero-order chi connectivity index (χ0) is 19.0. The third-order valence-electron chi connectivity index (χ3n) is 4.82. The summed E-state index contributed by atoms with van der Waals surface area (Å²) in [5.74, 6) is 0.607. The van der Waals surface area contributed by atoms with Crippen LogP contribution in [0.3, 0.4) is 0 Å². The molecular formula is C20H20N6O. The van der Waals surface area contributed by atoms with E-state index in [0.717, 1.165) is 22.5 Å². The molecule has 1 aliphatic carbocycles. The number of benzene rings is 1. The van der Waals surface area contributed by atoms with E-state index >= 15 is 0 Å². The molecule has 1 aliphatic rings. The summed E-state index contributed by atoms with van der Waals surface area (Å²) in [6.45, 7) is 3.77. The first-order valence-corrected chi connectivity index (χ1v) is 8.96. The quantitative estimate of drug-likeness (QED) is 0.728. The summed E-state index contributed by atoms with van der Waals surface area (Å²) in [5.41, 5.74) is 4.24. The third kappa shape index (κ3) is 3.60. The second kappa shape index (κ2) is 6.72. The molecular weight excluding hydrogens is 340 g/mol. The van der Waals surface area contributed by atoms with Gasteiger partial charge in [0.25, 0.3) is 0 Å². The van der Waals surface area contributed by atoms with Crippen molar-refractivity contribution >= 4 is 11.7 Å². The number of aryl methyl sites for hydroxylation is 1. The topological polar surface area (TPSA) is 99.4 Å². The average molecular weight is 360 g/mol. The van der Waals surface area contributed by atoms with Crippen LogP contribution in [0, 0.1) is 18.3 Å². The molecule has 2 heterocycles. The number of anilines is 1. The number of hydrogen-bond acceptors (Lipinski definition) is 4. The normalized spacial score (nSPS) is 14.6. The fraction of sp³-hybridized carbons (Fsp3) is 0.300. The van der Waals surface area contributed by atoms with Crippen LogP contribution >= 0.6 is 0 Å². The lowest BCUT2D eigenvalue weighted by atomic mass is 10.0. The molecule has 1 amide bonds. The molecule has 1 unspecified atom stereocenters. The molecule has 1 fully saturated rings. The Bertz CT molecular complexity index is 1040. The molecule has 27 heavy (non-hydrogen) atoms. The highest BCUT2D eigenvalue weighted by molar-refractivity contribution is 5.94. The number of amides is 1. The lowest BCUT2D eigenvalue weighted by Gasteiger charge is -2.08. The first kappa shape index (κ1) is 17.0. The minimum Gasteiger partial charge on any atom is -0.309 e. The molecule has 0 spiro atoms. The molecule has 7 nitrogen and oxygen atoms in total. The molecule has 1 aromatic carbocycles. The molecule has 1 atom stereocenters. The van der Waals surface area contributed by atoms with Gasteiger partial charge in [0.2, 0.25) is 5.91 Å². The maximum absolute atomic E-state index is 12.6. The lowest BCUT2D eigenvalue weighted by molar-refractivity contribution is -0.117. The van der Waals surface area contributed by atoms with E-state index in [2.05, 4.69) is 26.7 Å². The van der Waals surface area contributed by atoms with E-state index in [9.17, 15) is 4.79 Å². The fourth-order valence-corrected chi connectivity index (χ4v) is 3.05. The maximum Gasteiger partial charge on any atom is 0.232 e. The Morgan fingerprint density at radius 1 is 1.37 bits per heavy atom. The summed E-state index contributed by atoms with van der Waals surface area (Å²) < 4.78 is 1.69. The Kier molecular flexibility index (Phi) is 4.24. The van der Waals surface area contributed by atoms with Crippen LogP contribution in [0.5, 0.6) is 0 Å². The molecule has 2 N–H and O–H groups in total. The van der Waals surface area contributed by atoms with Gasteiger partial charge in [0.05, 0.1) is 29.4 Å². The summed E-state index contributed by atoms with van der Waals surface area (Å²) in [7, 11) is 0. The van der Waals surface area contributed by atoms with Gasteiger partial charge in [-0.2, -0.15) is 15.5 Å². The van der Waals surface area contributed by atoms with Gasteiger partial charge in [0, 0.05) is 29.4 Å². The van der Waals surface area contributed by atoms with Crippen LogP contribution in [0.15, 0.2) is 36.7 Å². The largest absolute Gasteiger partial charge is 0.309 e. The minimum atomic E-state index is -0.375. The first-order valence-electron chi connectivity index (χ1n) is 8.96. The number of aromatic nitrogens is 4. The van der Waals surface area contributed by atoms with Crippen molar-refractivity contribution in [2.45, 2.75) is 38.5 Å². The van der Waals surface area contributed by atoms with Crippen molar-refractivity contribution < 1.29 is 4.79 Å². The number of aromatic amines is 1. The van der Waals surface area contributed by atoms with Gasteiger partial charge in [-0.1, -0.05) is 0 Å². The van der Waals surface area contributed by atoms with Crippen molar-refractivity contribution in [3.63, 3.8) is 0 Å². The average Bonchev–Trinajstić information content (AvgIpc) is 3.20. The highest BCUT2D eigenvalue weighted by Crippen LogP contribution is 2.39. The van der Waals surface area contributed by atoms with Gasteiger partial charge >= 0.3 is 0 Å². The summed E-state index contributed by atoms with van der Waals surface area (Å²) in [4.78, 5) is 12.6. The number of H-pyrrole nitrogens is 1. The molecule has 136 valence electrons. The van der Waals surface area contributed by atoms with E-state index in [-0.39, 0.29) is 11.8 Å². The van der Waals surface area contributed by atoms with Gasteiger partial charge in [0.1, 0.15) is 0 Å². The highest BCUT2D eigenvalue weighted by Gasteiger charge is 2.26. The molecule has 0 saturated heterocycles. The fourth-order valence-electron chi connectivity index (χ4n) is 3.05. The predicted octanol–water partition coefficient (Wildman–Crippen LogP) is 3.40. The van der Waals surface area contributed by atoms with Crippen LogP contribution in [0.25, 0.3) is 5.69 Å². The summed E-state index contributed by atoms with van der Waals surface area (Å²) in [6.07, 6.45) is 5.86. The van der Waals surface area contributed by atoms with Crippen LogP contribution in [0.2, 0.25) is 0 Å². The van der Waals surface area contributed by atoms with Crippen LogP contribution in [0.4, 0.5) is 5.82 Å². The van der Waals surface area contributed by atoms with Crippen LogP contribution in [-0.2, 0) is 4.79 Å². The number of hydrogen-bond donors (Lipinski definition) is 2. The van der Waals surface area contributed by atoms with Crippen molar-refractivity contribution in [1.82, 2.24) is 20.0 Å². The maximum atomic E-state index is 12.6.